The van der Waals surface area contributed by atoms with Crippen LogP contribution in [0.4, 0.5) is 0 Å². The lowest BCUT2D eigenvalue weighted by atomic mass is 10.1. The van der Waals surface area contributed by atoms with Gasteiger partial charge in [0, 0.05) is 0 Å². The van der Waals surface area contributed by atoms with E-state index in [0.29, 0.717) is 0 Å². The van der Waals surface area contributed by atoms with Crippen molar-refractivity contribution in [1.29, 1.82) is 0 Å². The van der Waals surface area contributed by atoms with E-state index in [1.54, 1.807) is 0 Å². The molecule has 0 aromatic heterocycles. The first-order chi connectivity index (χ1) is 5.52. The van der Waals surface area contributed by atoms with Crippen molar-refractivity contribution >= 4 is 5.97 Å². The van der Waals surface area contributed by atoms with Gasteiger partial charge in [-0.2, -0.15) is 0 Å². The molecule has 1 aliphatic heterocycles. The highest BCUT2D eigenvalue weighted by Crippen LogP contribution is 2.17. The van der Waals surface area contributed by atoms with Gasteiger partial charge in [-0.3, -0.25) is 0 Å². The van der Waals surface area contributed by atoms with Crippen molar-refractivity contribution in [3.8, 4) is 0 Å². The molecule has 0 saturated carbocycles. The molecular formula is C7H10O5. The van der Waals surface area contributed by atoms with E-state index in [0.717, 1.165) is 6.08 Å². The van der Waals surface area contributed by atoms with E-state index >= 15 is 0 Å². The zero-order valence-electron chi connectivity index (χ0n) is 6.47. The number of hydrogen-bond acceptors (Lipinski definition) is 4. The van der Waals surface area contributed by atoms with E-state index in [-0.39, 0.29) is 5.76 Å². The third kappa shape index (κ3) is 1.57. The highest BCUT2D eigenvalue weighted by molar-refractivity contribution is 5.84. The van der Waals surface area contributed by atoms with Crippen molar-refractivity contribution < 1.29 is 24.9 Å². The number of aliphatic hydroxyl groups excluding tert-OH is 2. The summed E-state index contributed by atoms with van der Waals surface area (Å²) < 4.78 is 4.78. The number of aliphatic carboxylic acids is 1. The molecule has 1 aliphatic rings. The summed E-state index contributed by atoms with van der Waals surface area (Å²) in [6, 6.07) is 0. The molecule has 0 aromatic carbocycles. The minimum absolute atomic E-state index is 0.319. The van der Waals surface area contributed by atoms with Gasteiger partial charge in [-0.1, -0.05) is 0 Å². The fourth-order valence-electron chi connectivity index (χ4n) is 0.962. The van der Waals surface area contributed by atoms with Crippen molar-refractivity contribution in [3.05, 3.63) is 11.8 Å². The highest BCUT2D eigenvalue weighted by Gasteiger charge is 2.31. The van der Waals surface area contributed by atoms with Crippen LogP contribution in [-0.4, -0.2) is 39.6 Å². The van der Waals surface area contributed by atoms with Crippen LogP contribution >= 0.6 is 0 Å². The van der Waals surface area contributed by atoms with Crippen molar-refractivity contribution in [3.63, 3.8) is 0 Å². The predicted octanol–water partition coefficient (Wildman–Crippen LogP) is -0.905. The minimum Gasteiger partial charge on any atom is -0.481 e. The van der Waals surface area contributed by atoms with Crippen LogP contribution in [0.2, 0.25) is 0 Å². The Morgan fingerprint density at radius 3 is 2.58 bits per heavy atom. The second-order valence-corrected chi connectivity index (χ2v) is 2.64. The predicted molar refractivity (Wildman–Crippen MR) is 38.3 cm³/mol. The standard InChI is InChI=1S/C7H10O5/c1-3-6(9)4(8)2-5(12-3)7(10)11/h2-4,6,8-9H,1H3,(H,10,11)/t3-,4?,6?/m1/s1. The molecule has 0 aromatic rings. The number of carboxylic acid groups (broad SMARTS) is 1. The van der Waals surface area contributed by atoms with Crippen LogP contribution < -0.4 is 0 Å². The topological polar surface area (TPSA) is 87.0 Å². The van der Waals surface area contributed by atoms with Crippen LogP contribution in [0.1, 0.15) is 6.92 Å². The molecule has 0 radical (unpaired) electrons. The summed E-state index contributed by atoms with van der Waals surface area (Å²) in [7, 11) is 0. The molecule has 1 rings (SSSR count). The van der Waals surface area contributed by atoms with Gasteiger partial charge in [0.05, 0.1) is 0 Å². The second-order valence-electron chi connectivity index (χ2n) is 2.64. The SMILES string of the molecule is C[C@H]1OC(C(=O)O)=CC(O)C1O. The van der Waals surface area contributed by atoms with E-state index in [2.05, 4.69) is 0 Å². The number of rotatable bonds is 1. The van der Waals surface area contributed by atoms with E-state index in [1.165, 1.54) is 6.92 Å². The summed E-state index contributed by atoms with van der Waals surface area (Å²) in [5, 5.41) is 26.7. The summed E-state index contributed by atoms with van der Waals surface area (Å²) in [4.78, 5) is 10.4. The summed E-state index contributed by atoms with van der Waals surface area (Å²) in [5.41, 5.74) is 0. The van der Waals surface area contributed by atoms with Crippen LogP contribution in [0.5, 0.6) is 0 Å². The molecule has 1 heterocycles. The molecule has 5 nitrogen and oxygen atoms in total. The maximum Gasteiger partial charge on any atom is 0.370 e. The van der Waals surface area contributed by atoms with E-state index in [1.807, 2.05) is 0 Å². The van der Waals surface area contributed by atoms with Gasteiger partial charge in [-0.05, 0) is 13.0 Å². The number of carbonyl (C=O) groups is 1. The van der Waals surface area contributed by atoms with Crippen molar-refractivity contribution in [2.24, 2.45) is 0 Å². The number of hydrogen-bond donors (Lipinski definition) is 3. The Hall–Kier alpha value is -1.07. The molecule has 3 N–H and O–H groups in total. The van der Waals surface area contributed by atoms with Crippen LogP contribution in [0.15, 0.2) is 11.8 Å². The largest absolute Gasteiger partial charge is 0.481 e. The fraction of sp³-hybridized carbons (Fsp3) is 0.571. The quantitative estimate of drug-likeness (QED) is 0.479. The summed E-state index contributed by atoms with van der Waals surface area (Å²) in [6.07, 6.45) is -1.95. The molecule has 12 heavy (non-hydrogen) atoms. The van der Waals surface area contributed by atoms with Gasteiger partial charge in [0.15, 0.2) is 0 Å². The maximum absolute atomic E-state index is 10.4. The first kappa shape index (κ1) is 9.02. The minimum atomic E-state index is -1.24. The van der Waals surface area contributed by atoms with Gasteiger partial charge >= 0.3 is 5.97 Å². The van der Waals surface area contributed by atoms with Crippen molar-refractivity contribution in [2.75, 3.05) is 0 Å². The van der Waals surface area contributed by atoms with E-state index in [4.69, 9.17) is 20.1 Å². The first-order valence-electron chi connectivity index (χ1n) is 3.50. The van der Waals surface area contributed by atoms with E-state index < -0.39 is 24.3 Å². The molecule has 0 amide bonds. The molecule has 0 saturated heterocycles. The Morgan fingerprint density at radius 1 is 1.58 bits per heavy atom. The average molecular weight is 174 g/mol. The smallest absolute Gasteiger partial charge is 0.370 e. The van der Waals surface area contributed by atoms with Gasteiger partial charge < -0.3 is 20.1 Å². The zero-order valence-corrected chi connectivity index (χ0v) is 6.47. The Morgan fingerprint density at radius 2 is 2.17 bits per heavy atom. The summed E-state index contributed by atoms with van der Waals surface area (Å²) >= 11 is 0. The lowest BCUT2D eigenvalue weighted by Crippen LogP contribution is -2.40. The molecular weight excluding hydrogens is 164 g/mol. The second kappa shape index (κ2) is 3.12. The number of ether oxygens (including phenoxy) is 1. The molecule has 68 valence electrons. The Kier molecular flexibility index (Phi) is 2.35. The van der Waals surface area contributed by atoms with Gasteiger partial charge in [-0.25, -0.2) is 4.79 Å². The normalized spacial score (nSPS) is 35.2. The molecule has 5 heteroatoms. The van der Waals surface area contributed by atoms with Crippen LogP contribution in [-0.2, 0) is 9.53 Å². The molecule has 0 aliphatic carbocycles. The van der Waals surface area contributed by atoms with Gasteiger partial charge in [-0.15, -0.1) is 0 Å². The van der Waals surface area contributed by atoms with Crippen LogP contribution in [0.3, 0.4) is 0 Å². The first-order valence-corrected chi connectivity index (χ1v) is 3.50. The zero-order chi connectivity index (χ0) is 9.30. The number of aliphatic hydroxyl groups is 2. The van der Waals surface area contributed by atoms with Crippen molar-refractivity contribution in [2.45, 2.75) is 25.2 Å². The van der Waals surface area contributed by atoms with Crippen molar-refractivity contribution in [1.82, 2.24) is 0 Å². The monoisotopic (exact) mass is 174 g/mol. The summed E-state index contributed by atoms with van der Waals surface area (Å²) in [5.74, 6) is -1.56. The van der Waals surface area contributed by atoms with Crippen LogP contribution in [0.25, 0.3) is 0 Å². The van der Waals surface area contributed by atoms with Gasteiger partial charge in [0.25, 0.3) is 0 Å². The molecule has 3 atom stereocenters. The lowest BCUT2D eigenvalue weighted by Gasteiger charge is -2.27. The molecule has 0 fully saturated rings. The highest BCUT2D eigenvalue weighted by atomic mass is 16.5. The Bertz CT molecular complexity index is 222. The van der Waals surface area contributed by atoms with Gasteiger partial charge in [0.1, 0.15) is 18.3 Å². The third-order valence-electron chi connectivity index (χ3n) is 1.68. The summed E-state index contributed by atoms with van der Waals surface area (Å²) in [6.45, 7) is 1.49. The van der Waals surface area contributed by atoms with Crippen LogP contribution in [0, 0.1) is 0 Å². The average Bonchev–Trinajstić information content (AvgIpc) is 1.99. The Labute approximate surface area is 68.9 Å². The Balaban J connectivity index is 2.81. The third-order valence-corrected chi connectivity index (χ3v) is 1.68. The molecule has 0 spiro atoms. The number of carboxylic acids is 1. The van der Waals surface area contributed by atoms with Gasteiger partial charge in [0.2, 0.25) is 5.76 Å². The van der Waals surface area contributed by atoms with E-state index in [9.17, 15) is 4.79 Å². The molecule has 0 bridgehead atoms. The fourth-order valence-corrected chi connectivity index (χ4v) is 0.962. The molecule has 2 unspecified atom stereocenters. The lowest BCUT2D eigenvalue weighted by molar-refractivity contribution is -0.142. The maximum atomic E-state index is 10.4.